The molecule has 3 aromatic rings. The van der Waals surface area contributed by atoms with E-state index in [1.54, 1.807) is 18.9 Å². The van der Waals surface area contributed by atoms with Crippen LogP contribution in [0.3, 0.4) is 0 Å². The topological polar surface area (TPSA) is 59.7 Å². The van der Waals surface area contributed by atoms with Crippen molar-refractivity contribution in [2.24, 2.45) is 0 Å². The van der Waals surface area contributed by atoms with Crippen molar-refractivity contribution in [3.8, 4) is 0 Å². The van der Waals surface area contributed by atoms with Crippen molar-refractivity contribution in [3.63, 3.8) is 0 Å². The second kappa shape index (κ2) is 8.10. The molecule has 0 aliphatic carbocycles. The molecule has 1 aromatic carbocycles. The minimum absolute atomic E-state index is 0.0319. The van der Waals surface area contributed by atoms with Gasteiger partial charge in [-0.3, -0.25) is 9.69 Å². The first kappa shape index (κ1) is 18.6. The van der Waals surface area contributed by atoms with Crippen LogP contribution in [0.4, 0.5) is 0 Å². The number of aryl methyl sites for hydroxylation is 1. The largest absolute Gasteiger partial charge is 0.383 e. The molecule has 6 nitrogen and oxygen atoms in total. The minimum Gasteiger partial charge on any atom is -0.383 e. The summed E-state index contributed by atoms with van der Waals surface area (Å²) in [6, 6.07) is 8.49. The van der Waals surface area contributed by atoms with Gasteiger partial charge in [-0.15, -0.1) is 5.10 Å². The van der Waals surface area contributed by atoms with Crippen LogP contribution in [-0.4, -0.2) is 46.3 Å². The van der Waals surface area contributed by atoms with Gasteiger partial charge < -0.3 is 4.74 Å². The maximum atomic E-state index is 12.9. The molecular weight excluding hydrogens is 380 g/mol. The lowest BCUT2D eigenvalue weighted by Crippen LogP contribution is -2.38. The highest BCUT2D eigenvalue weighted by atomic mass is 32.2. The summed E-state index contributed by atoms with van der Waals surface area (Å²) in [5.41, 5.74) is 4.17. The Hall–Kier alpha value is -1.74. The highest BCUT2D eigenvalue weighted by Crippen LogP contribution is 2.27. The molecule has 0 spiro atoms. The molecule has 0 unspecified atom stereocenters. The highest BCUT2D eigenvalue weighted by Gasteiger charge is 2.23. The highest BCUT2D eigenvalue weighted by molar-refractivity contribution is 8.00. The van der Waals surface area contributed by atoms with Gasteiger partial charge >= 0.3 is 0 Å². The van der Waals surface area contributed by atoms with Gasteiger partial charge in [0.15, 0.2) is 4.34 Å². The zero-order valence-corrected chi connectivity index (χ0v) is 17.1. The zero-order chi connectivity index (χ0) is 18.8. The number of rotatable bonds is 6. The van der Waals surface area contributed by atoms with Gasteiger partial charge in [0.2, 0.25) is 4.96 Å². The van der Waals surface area contributed by atoms with Crippen LogP contribution in [0.25, 0.3) is 4.96 Å². The van der Waals surface area contributed by atoms with Crippen LogP contribution in [0.15, 0.2) is 33.4 Å². The van der Waals surface area contributed by atoms with Crippen LogP contribution in [-0.2, 0) is 23.5 Å². The summed E-state index contributed by atoms with van der Waals surface area (Å²) in [6.45, 7) is 5.11. The van der Waals surface area contributed by atoms with Gasteiger partial charge in [0, 0.05) is 38.9 Å². The summed E-state index contributed by atoms with van der Waals surface area (Å²) in [5, 5.41) is 4.52. The Bertz CT molecular complexity index is 997. The van der Waals surface area contributed by atoms with Gasteiger partial charge in [0.05, 0.1) is 17.9 Å². The number of aromatic nitrogens is 3. The minimum atomic E-state index is -0.0319. The van der Waals surface area contributed by atoms with E-state index in [0.717, 1.165) is 40.9 Å². The van der Waals surface area contributed by atoms with E-state index in [1.165, 1.54) is 27.0 Å². The normalized spacial score (nSPS) is 14.6. The molecule has 1 aliphatic rings. The van der Waals surface area contributed by atoms with Crippen LogP contribution < -0.4 is 5.56 Å². The van der Waals surface area contributed by atoms with E-state index in [-0.39, 0.29) is 5.56 Å². The Morgan fingerprint density at radius 3 is 2.89 bits per heavy atom. The number of fused-ring (bicyclic) bond motifs is 2. The van der Waals surface area contributed by atoms with Crippen molar-refractivity contribution in [1.29, 1.82) is 0 Å². The van der Waals surface area contributed by atoms with E-state index < -0.39 is 0 Å². The molecule has 3 heterocycles. The number of hydrogen-bond donors (Lipinski definition) is 0. The summed E-state index contributed by atoms with van der Waals surface area (Å²) >= 11 is 3.14. The summed E-state index contributed by atoms with van der Waals surface area (Å²) in [7, 11) is 1.70. The van der Waals surface area contributed by atoms with Crippen molar-refractivity contribution in [2.75, 3.05) is 26.8 Å². The summed E-state index contributed by atoms with van der Waals surface area (Å²) in [4.78, 5) is 20.6. The van der Waals surface area contributed by atoms with Crippen LogP contribution in [0, 0.1) is 6.92 Å². The predicted molar refractivity (Wildman–Crippen MR) is 109 cm³/mol. The fourth-order valence-electron chi connectivity index (χ4n) is 3.13. The number of nitrogens with zero attached hydrogens (tertiary/aromatic N) is 4. The third-order valence-corrected chi connectivity index (χ3v) is 6.82. The molecule has 27 heavy (non-hydrogen) atoms. The lowest BCUT2D eigenvalue weighted by Gasteiger charge is -2.26. The van der Waals surface area contributed by atoms with E-state index in [4.69, 9.17) is 9.72 Å². The Balaban J connectivity index is 1.55. The van der Waals surface area contributed by atoms with E-state index in [2.05, 4.69) is 41.2 Å². The van der Waals surface area contributed by atoms with Crippen molar-refractivity contribution in [1.82, 2.24) is 19.5 Å². The second-order valence-electron chi connectivity index (χ2n) is 6.70. The lowest BCUT2D eigenvalue weighted by molar-refractivity contribution is 0.140. The average molecular weight is 403 g/mol. The Labute approximate surface area is 166 Å². The molecule has 1 aliphatic heterocycles. The van der Waals surface area contributed by atoms with E-state index >= 15 is 0 Å². The summed E-state index contributed by atoms with van der Waals surface area (Å²) < 4.78 is 7.50. The third-order valence-electron chi connectivity index (χ3n) is 4.71. The fraction of sp³-hybridized carbons (Fsp3) is 0.421. The molecule has 0 amide bonds. The maximum absolute atomic E-state index is 12.9. The zero-order valence-electron chi connectivity index (χ0n) is 15.5. The lowest BCUT2D eigenvalue weighted by atomic mass is 10.1. The number of ether oxygens (including phenoxy) is 1. The van der Waals surface area contributed by atoms with Gasteiger partial charge in [-0.05, 0) is 12.5 Å². The molecule has 0 saturated heterocycles. The molecule has 142 valence electrons. The molecule has 0 saturated carbocycles. The van der Waals surface area contributed by atoms with E-state index in [0.29, 0.717) is 18.1 Å². The molecule has 0 atom stereocenters. The molecule has 0 radical (unpaired) electrons. The summed E-state index contributed by atoms with van der Waals surface area (Å²) in [6.07, 6.45) is 0.800. The van der Waals surface area contributed by atoms with E-state index in [1.807, 2.05) is 0 Å². The first-order valence-electron chi connectivity index (χ1n) is 8.95. The molecule has 0 N–H and O–H groups in total. The van der Waals surface area contributed by atoms with E-state index in [9.17, 15) is 4.79 Å². The number of hydrogen-bond acceptors (Lipinski definition) is 7. The number of methoxy groups -OCH3 is 1. The van der Waals surface area contributed by atoms with Crippen molar-refractivity contribution in [3.05, 3.63) is 57.0 Å². The maximum Gasteiger partial charge on any atom is 0.279 e. The first-order valence-corrected chi connectivity index (χ1v) is 10.8. The van der Waals surface area contributed by atoms with Crippen LogP contribution >= 0.6 is 23.1 Å². The van der Waals surface area contributed by atoms with Gasteiger partial charge in [0.1, 0.15) is 0 Å². The first-order chi connectivity index (χ1) is 13.1. The molecular formula is C19H22N4O2S2. The monoisotopic (exact) mass is 402 g/mol. The van der Waals surface area contributed by atoms with Gasteiger partial charge in [-0.1, -0.05) is 52.9 Å². The Morgan fingerprint density at radius 2 is 2.11 bits per heavy atom. The number of benzene rings is 1. The second-order valence-corrected chi connectivity index (χ2v) is 8.88. The Kier molecular flexibility index (Phi) is 5.58. The summed E-state index contributed by atoms with van der Waals surface area (Å²) in [5.74, 6) is 0.833. The smallest absolute Gasteiger partial charge is 0.279 e. The average Bonchev–Trinajstić information content (AvgIpc) is 3.09. The third kappa shape index (κ3) is 4.08. The molecule has 0 bridgehead atoms. The molecule has 8 heteroatoms. The molecule has 4 rings (SSSR count). The van der Waals surface area contributed by atoms with Crippen molar-refractivity contribution >= 4 is 28.1 Å². The SMILES string of the molecule is COCCN1CCc2nc3sc(SCc4ccc(C)cc4)nn3c(=O)c2C1. The number of thioether (sulfide) groups is 1. The Morgan fingerprint density at radius 1 is 1.30 bits per heavy atom. The van der Waals surface area contributed by atoms with Crippen molar-refractivity contribution < 1.29 is 4.74 Å². The van der Waals surface area contributed by atoms with Crippen LogP contribution in [0.5, 0.6) is 0 Å². The molecule has 0 fully saturated rings. The van der Waals surface area contributed by atoms with Crippen molar-refractivity contribution in [2.45, 2.75) is 30.0 Å². The van der Waals surface area contributed by atoms with Crippen LogP contribution in [0.1, 0.15) is 22.4 Å². The fourth-order valence-corrected chi connectivity index (χ4v) is 5.04. The van der Waals surface area contributed by atoms with Gasteiger partial charge in [0.25, 0.3) is 5.56 Å². The predicted octanol–water partition coefficient (Wildman–Crippen LogP) is 2.76. The standard InChI is InChI=1S/C19H22N4O2S2/c1-13-3-5-14(6-4-13)12-26-19-21-23-17(24)15-11-22(9-10-25-2)8-7-16(15)20-18(23)27-19/h3-6H,7-12H2,1-2H3. The quantitative estimate of drug-likeness (QED) is 0.591. The molecule has 2 aromatic heterocycles. The van der Waals surface area contributed by atoms with Gasteiger partial charge in [-0.25, -0.2) is 4.98 Å². The van der Waals surface area contributed by atoms with Gasteiger partial charge in [-0.2, -0.15) is 4.52 Å². The van der Waals surface area contributed by atoms with Crippen LogP contribution in [0.2, 0.25) is 0 Å².